The Morgan fingerprint density at radius 2 is 1.74 bits per heavy atom. The first kappa shape index (κ1) is 14.4. The van der Waals surface area contributed by atoms with Gasteiger partial charge in [0.2, 0.25) is 0 Å². The predicted molar refractivity (Wildman–Crippen MR) is 85.7 cm³/mol. The zero-order valence-corrected chi connectivity index (χ0v) is 11.9. The molecule has 23 heavy (non-hydrogen) atoms. The summed E-state index contributed by atoms with van der Waals surface area (Å²) >= 11 is 0. The Labute approximate surface area is 130 Å². The van der Waals surface area contributed by atoms with Gasteiger partial charge in [0, 0.05) is 6.07 Å². The molecule has 0 fully saturated rings. The van der Waals surface area contributed by atoms with E-state index in [2.05, 4.69) is 20.4 Å². The van der Waals surface area contributed by atoms with Gasteiger partial charge in [0.05, 0.1) is 16.2 Å². The number of hydrogen-bond acceptors (Lipinski definition) is 6. The van der Waals surface area contributed by atoms with E-state index in [0.29, 0.717) is 16.9 Å². The van der Waals surface area contributed by atoms with E-state index in [0.717, 1.165) is 0 Å². The lowest BCUT2D eigenvalue weighted by molar-refractivity contribution is -0.384. The molecule has 0 atom stereocenters. The van der Waals surface area contributed by atoms with Crippen molar-refractivity contribution in [2.75, 3.05) is 5.73 Å². The summed E-state index contributed by atoms with van der Waals surface area (Å²) in [5.41, 5.74) is 7.35. The van der Waals surface area contributed by atoms with E-state index < -0.39 is 4.92 Å². The topological polar surface area (TPSA) is 123 Å². The summed E-state index contributed by atoms with van der Waals surface area (Å²) in [5, 5.41) is 25.9. The molecule has 0 aliphatic carbocycles. The minimum absolute atomic E-state index is 0.0627. The highest BCUT2D eigenvalue weighted by atomic mass is 16.6. The minimum Gasteiger partial charge on any atom is -0.380 e. The number of para-hydroxylation sites is 1. The van der Waals surface area contributed by atoms with Gasteiger partial charge in [0.25, 0.3) is 5.69 Å². The molecule has 0 radical (unpaired) electrons. The van der Waals surface area contributed by atoms with Crippen molar-refractivity contribution >= 4 is 22.9 Å². The molecule has 0 amide bonds. The average molecular weight is 308 g/mol. The maximum Gasteiger partial charge on any atom is 0.278 e. The second-order valence-corrected chi connectivity index (χ2v) is 4.64. The fraction of sp³-hybridized carbons (Fsp3) is 0. The molecule has 0 aliphatic rings. The fourth-order valence-electron chi connectivity index (χ4n) is 2.09. The predicted octanol–water partition coefficient (Wildman–Crippen LogP) is 3.98. The van der Waals surface area contributed by atoms with Crippen molar-refractivity contribution in [3.8, 4) is 11.3 Å². The third-order valence-corrected chi connectivity index (χ3v) is 3.16. The molecule has 8 heteroatoms. The van der Waals surface area contributed by atoms with Crippen LogP contribution in [0.5, 0.6) is 0 Å². The summed E-state index contributed by atoms with van der Waals surface area (Å²) < 4.78 is 0. The van der Waals surface area contributed by atoms with E-state index in [1.807, 2.05) is 18.2 Å². The van der Waals surface area contributed by atoms with E-state index in [1.165, 1.54) is 6.07 Å². The molecule has 3 aromatic rings. The van der Waals surface area contributed by atoms with E-state index in [9.17, 15) is 10.1 Å². The molecule has 0 bridgehead atoms. The van der Waals surface area contributed by atoms with Crippen LogP contribution in [0, 0.1) is 10.1 Å². The summed E-state index contributed by atoms with van der Waals surface area (Å²) in [4.78, 5) is 10.7. The van der Waals surface area contributed by atoms with Crippen LogP contribution in [-0.4, -0.2) is 15.1 Å². The van der Waals surface area contributed by atoms with Crippen LogP contribution in [0.4, 0.5) is 22.9 Å². The SMILES string of the molecule is Nc1n[nH]c(-c2ccccc2[N+](=O)[O-])c1N=Nc1ccccc1. The van der Waals surface area contributed by atoms with Gasteiger partial charge in [0.15, 0.2) is 11.5 Å². The van der Waals surface area contributed by atoms with Gasteiger partial charge in [-0.25, -0.2) is 0 Å². The largest absolute Gasteiger partial charge is 0.380 e. The standard InChI is InChI=1S/C15H12N6O2/c16-15-14(19-17-10-6-2-1-3-7-10)13(18-20-15)11-8-4-5-9-12(11)21(22)23/h1-9H,(H3,16,18,20). The van der Waals surface area contributed by atoms with Gasteiger partial charge in [-0.3, -0.25) is 15.2 Å². The van der Waals surface area contributed by atoms with Crippen LogP contribution in [0.1, 0.15) is 0 Å². The van der Waals surface area contributed by atoms with Crippen LogP contribution in [0.15, 0.2) is 64.8 Å². The van der Waals surface area contributed by atoms with E-state index in [4.69, 9.17) is 5.73 Å². The highest BCUT2D eigenvalue weighted by Crippen LogP contribution is 2.38. The third-order valence-electron chi connectivity index (χ3n) is 3.16. The lowest BCUT2D eigenvalue weighted by atomic mass is 10.1. The Hall–Kier alpha value is -3.55. The number of benzene rings is 2. The number of aromatic nitrogens is 2. The Kier molecular flexibility index (Phi) is 3.79. The van der Waals surface area contributed by atoms with Crippen molar-refractivity contribution in [3.63, 3.8) is 0 Å². The lowest BCUT2D eigenvalue weighted by Crippen LogP contribution is -1.91. The molecule has 3 rings (SSSR count). The number of nitrogens with one attached hydrogen (secondary N) is 1. The van der Waals surface area contributed by atoms with Crippen LogP contribution in [0.3, 0.4) is 0 Å². The molecule has 1 heterocycles. The van der Waals surface area contributed by atoms with Gasteiger partial charge < -0.3 is 5.73 Å². The lowest BCUT2D eigenvalue weighted by Gasteiger charge is -2.01. The number of nitro benzene ring substituents is 1. The monoisotopic (exact) mass is 308 g/mol. The summed E-state index contributed by atoms with van der Waals surface area (Å²) in [7, 11) is 0. The van der Waals surface area contributed by atoms with Crippen molar-refractivity contribution in [1.29, 1.82) is 0 Å². The summed E-state index contributed by atoms with van der Waals surface area (Å²) in [6.45, 7) is 0. The molecular formula is C15H12N6O2. The number of rotatable bonds is 4. The molecule has 114 valence electrons. The van der Waals surface area contributed by atoms with E-state index in [1.54, 1.807) is 30.3 Å². The molecule has 0 unspecified atom stereocenters. The minimum atomic E-state index is -0.468. The highest BCUT2D eigenvalue weighted by molar-refractivity contribution is 5.83. The Balaban J connectivity index is 2.07. The van der Waals surface area contributed by atoms with Crippen LogP contribution in [0.25, 0.3) is 11.3 Å². The Morgan fingerprint density at radius 1 is 1.04 bits per heavy atom. The van der Waals surface area contributed by atoms with Crippen molar-refractivity contribution in [1.82, 2.24) is 10.2 Å². The number of hydrogen-bond donors (Lipinski definition) is 2. The average Bonchev–Trinajstić information content (AvgIpc) is 2.94. The molecular weight excluding hydrogens is 296 g/mol. The van der Waals surface area contributed by atoms with Crippen molar-refractivity contribution in [2.45, 2.75) is 0 Å². The van der Waals surface area contributed by atoms with E-state index >= 15 is 0 Å². The second-order valence-electron chi connectivity index (χ2n) is 4.64. The van der Waals surface area contributed by atoms with Gasteiger partial charge in [-0.15, -0.1) is 5.11 Å². The molecule has 2 aromatic carbocycles. The number of nitro groups is 1. The quantitative estimate of drug-likeness (QED) is 0.429. The van der Waals surface area contributed by atoms with Crippen LogP contribution >= 0.6 is 0 Å². The Morgan fingerprint density at radius 3 is 2.48 bits per heavy atom. The second kappa shape index (κ2) is 6.06. The first-order valence-corrected chi connectivity index (χ1v) is 6.71. The van der Waals surface area contributed by atoms with Crippen LogP contribution < -0.4 is 5.73 Å². The molecule has 0 spiro atoms. The number of nitrogens with zero attached hydrogens (tertiary/aromatic N) is 4. The van der Waals surface area contributed by atoms with Gasteiger partial charge in [0.1, 0.15) is 5.69 Å². The molecule has 3 N–H and O–H groups in total. The number of aromatic amines is 1. The highest BCUT2D eigenvalue weighted by Gasteiger charge is 2.21. The molecule has 1 aromatic heterocycles. The van der Waals surface area contributed by atoms with Crippen LogP contribution in [-0.2, 0) is 0 Å². The number of nitrogen functional groups attached to an aromatic ring is 1. The molecule has 0 aliphatic heterocycles. The maximum atomic E-state index is 11.2. The van der Waals surface area contributed by atoms with Gasteiger partial charge in [-0.05, 0) is 18.2 Å². The number of H-pyrrole nitrogens is 1. The molecule has 0 saturated heterocycles. The normalized spacial score (nSPS) is 11.0. The zero-order valence-electron chi connectivity index (χ0n) is 11.9. The number of azo groups is 1. The van der Waals surface area contributed by atoms with Gasteiger partial charge in [-0.1, -0.05) is 30.3 Å². The third kappa shape index (κ3) is 2.91. The summed E-state index contributed by atoms with van der Waals surface area (Å²) in [5.74, 6) is 0.123. The smallest absolute Gasteiger partial charge is 0.278 e. The van der Waals surface area contributed by atoms with Crippen molar-refractivity contribution in [3.05, 3.63) is 64.7 Å². The van der Waals surface area contributed by atoms with Crippen LogP contribution in [0.2, 0.25) is 0 Å². The fourth-order valence-corrected chi connectivity index (χ4v) is 2.09. The summed E-state index contributed by atoms with van der Waals surface area (Å²) in [6, 6.07) is 15.4. The zero-order chi connectivity index (χ0) is 16.2. The van der Waals surface area contributed by atoms with E-state index in [-0.39, 0.29) is 17.2 Å². The summed E-state index contributed by atoms with van der Waals surface area (Å²) in [6.07, 6.45) is 0. The van der Waals surface area contributed by atoms with Crippen molar-refractivity contribution < 1.29 is 4.92 Å². The van der Waals surface area contributed by atoms with Gasteiger partial charge in [-0.2, -0.15) is 10.2 Å². The maximum absolute atomic E-state index is 11.2. The van der Waals surface area contributed by atoms with Gasteiger partial charge >= 0.3 is 0 Å². The number of nitrogens with two attached hydrogens (primary N) is 1. The van der Waals surface area contributed by atoms with Crippen molar-refractivity contribution in [2.24, 2.45) is 10.2 Å². The molecule has 0 saturated carbocycles. The first-order valence-electron chi connectivity index (χ1n) is 6.71. The Bertz CT molecular complexity index is 873. The number of anilines is 1. The first-order chi connectivity index (χ1) is 11.2. The molecule has 8 nitrogen and oxygen atoms in total.